The SMILES string of the molecule is CCc1ccc(COc2ccc(C=C3SC(=Nc4ccc(CC(=O)O)cc4)N(CC)C3=O)cc2)cc1. The van der Waals surface area contributed by atoms with Gasteiger partial charge in [0.15, 0.2) is 5.17 Å². The maximum Gasteiger partial charge on any atom is 0.307 e. The standard InChI is InChI=1S/C29H28N2O4S/c1-3-20-5-7-23(8-6-20)19-35-25-15-11-21(12-16-25)17-26-28(34)31(4-2)29(36-26)30-24-13-9-22(10-14-24)18-27(32)33/h5-17H,3-4,18-19H2,1-2H3,(H,32,33). The Labute approximate surface area is 215 Å². The normalized spacial score (nSPS) is 15.6. The van der Waals surface area contributed by atoms with Gasteiger partial charge >= 0.3 is 5.97 Å². The Morgan fingerprint density at radius 3 is 2.19 bits per heavy atom. The van der Waals surface area contributed by atoms with Crippen molar-refractivity contribution in [2.24, 2.45) is 4.99 Å². The van der Waals surface area contributed by atoms with Gasteiger partial charge in [0.05, 0.1) is 17.0 Å². The van der Waals surface area contributed by atoms with E-state index in [1.165, 1.54) is 17.3 Å². The first-order valence-electron chi connectivity index (χ1n) is 11.9. The molecule has 4 rings (SSSR count). The molecule has 1 aliphatic rings. The number of carboxylic acid groups (broad SMARTS) is 1. The van der Waals surface area contributed by atoms with Crippen molar-refractivity contribution in [3.63, 3.8) is 0 Å². The molecule has 0 aromatic heterocycles. The summed E-state index contributed by atoms with van der Waals surface area (Å²) < 4.78 is 5.91. The number of carbonyl (C=O) groups excluding carboxylic acids is 1. The molecule has 0 atom stereocenters. The summed E-state index contributed by atoms with van der Waals surface area (Å²) in [5, 5.41) is 9.53. The molecular formula is C29H28N2O4S. The van der Waals surface area contributed by atoms with Crippen molar-refractivity contribution in [2.45, 2.75) is 33.3 Å². The van der Waals surface area contributed by atoms with Crippen LogP contribution in [-0.2, 0) is 29.0 Å². The highest BCUT2D eigenvalue weighted by Crippen LogP contribution is 2.34. The fraction of sp³-hybridized carbons (Fsp3) is 0.207. The molecule has 0 bridgehead atoms. The molecule has 1 aliphatic heterocycles. The number of hydrogen-bond acceptors (Lipinski definition) is 5. The number of carboxylic acids is 1. The zero-order chi connectivity index (χ0) is 25.5. The second-order valence-corrected chi connectivity index (χ2v) is 9.33. The van der Waals surface area contributed by atoms with Gasteiger partial charge in [-0.3, -0.25) is 14.5 Å². The lowest BCUT2D eigenvalue weighted by molar-refractivity contribution is -0.136. The fourth-order valence-corrected chi connectivity index (χ4v) is 4.76. The number of carbonyl (C=O) groups is 2. The molecule has 184 valence electrons. The van der Waals surface area contributed by atoms with E-state index < -0.39 is 5.97 Å². The van der Waals surface area contributed by atoms with Gasteiger partial charge in [0.1, 0.15) is 12.4 Å². The van der Waals surface area contributed by atoms with Gasteiger partial charge in [0.2, 0.25) is 0 Å². The Kier molecular flexibility index (Phi) is 8.23. The van der Waals surface area contributed by atoms with Crippen LogP contribution < -0.4 is 4.74 Å². The van der Waals surface area contributed by atoms with Gasteiger partial charge in [0, 0.05) is 6.54 Å². The van der Waals surface area contributed by atoms with E-state index in [9.17, 15) is 9.59 Å². The molecule has 6 nitrogen and oxygen atoms in total. The van der Waals surface area contributed by atoms with Gasteiger partial charge in [0.25, 0.3) is 5.91 Å². The number of aliphatic imine (C=N–C) groups is 1. The predicted molar refractivity (Wildman–Crippen MR) is 144 cm³/mol. The Morgan fingerprint density at radius 2 is 1.58 bits per heavy atom. The molecule has 3 aromatic carbocycles. The minimum atomic E-state index is -0.876. The van der Waals surface area contributed by atoms with Gasteiger partial charge in [-0.05, 0) is 77.7 Å². The van der Waals surface area contributed by atoms with Gasteiger partial charge in [-0.2, -0.15) is 0 Å². The van der Waals surface area contributed by atoms with Crippen molar-refractivity contribution in [2.75, 3.05) is 6.54 Å². The third-order valence-corrected chi connectivity index (χ3v) is 6.74. The average molecular weight is 501 g/mol. The van der Waals surface area contributed by atoms with E-state index in [0.29, 0.717) is 34.5 Å². The molecule has 0 radical (unpaired) electrons. The van der Waals surface area contributed by atoms with Gasteiger partial charge < -0.3 is 9.84 Å². The van der Waals surface area contributed by atoms with Crippen molar-refractivity contribution in [3.05, 3.63) is 100.0 Å². The maximum atomic E-state index is 13.0. The van der Waals surface area contributed by atoms with E-state index in [1.54, 1.807) is 29.2 Å². The first-order chi connectivity index (χ1) is 17.4. The molecule has 1 saturated heterocycles. The summed E-state index contributed by atoms with van der Waals surface area (Å²) >= 11 is 1.33. The van der Waals surface area contributed by atoms with Crippen LogP contribution in [-0.4, -0.2) is 33.6 Å². The summed E-state index contributed by atoms with van der Waals surface area (Å²) in [4.78, 5) is 30.7. The molecule has 0 unspecified atom stereocenters. The predicted octanol–water partition coefficient (Wildman–Crippen LogP) is 6.08. The minimum Gasteiger partial charge on any atom is -0.489 e. The number of benzene rings is 3. The summed E-state index contributed by atoms with van der Waals surface area (Å²) in [6, 6.07) is 23.1. The zero-order valence-corrected chi connectivity index (χ0v) is 21.1. The fourth-order valence-electron chi connectivity index (χ4n) is 3.69. The van der Waals surface area contributed by atoms with Crippen molar-refractivity contribution in [1.29, 1.82) is 0 Å². The molecule has 1 N–H and O–H groups in total. The van der Waals surface area contributed by atoms with Gasteiger partial charge in [-0.25, -0.2) is 4.99 Å². The highest BCUT2D eigenvalue weighted by molar-refractivity contribution is 8.18. The molecule has 0 saturated carbocycles. The van der Waals surface area contributed by atoms with E-state index in [1.807, 2.05) is 37.3 Å². The topological polar surface area (TPSA) is 79.2 Å². The van der Waals surface area contributed by atoms with E-state index in [-0.39, 0.29) is 12.3 Å². The first-order valence-corrected chi connectivity index (χ1v) is 12.7. The van der Waals surface area contributed by atoms with Crippen LogP contribution in [0.15, 0.2) is 82.7 Å². The van der Waals surface area contributed by atoms with Gasteiger partial charge in [-0.1, -0.05) is 55.5 Å². The molecule has 36 heavy (non-hydrogen) atoms. The van der Waals surface area contributed by atoms with Crippen LogP contribution in [0.3, 0.4) is 0 Å². The van der Waals surface area contributed by atoms with Crippen LogP contribution in [0, 0.1) is 0 Å². The van der Waals surface area contributed by atoms with Crippen LogP contribution in [0.2, 0.25) is 0 Å². The number of aryl methyl sites for hydroxylation is 1. The molecule has 7 heteroatoms. The van der Waals surface area contributed by atoms with Crippen LogP contribution >= 0.6 is 11.8 Å². The second-order valence-electron chi connectivity index (χ2n) is 8.32. The van der Waals surface area contributed by atoms with Gasteiger partial charge in [-0.15, -0.1) is 0 Å². The monoisotopic (exact) mass is 500 g/mol. The Bertz CT molecular complexity index is 1280. The number of amidine groups is 1. The summed E-state index contributed by atoms with van der Waals surface area (Å²) in [7, 11) is 0. The number of ether oxygens (including phenoxy) is 1. The van der Waals surface area contributed by atoms with Crippen LogP contribution in [0.25, 0.3) is 6.08 Å². The lowest BCUT2D eigenvalue weighted by Crippen LogP contribution is -2.28. The van der Waals surface area contributed by atoms with Crippen LogP contribution in [0.1, 0.15) is 36.1 Å². The van der Waals surface area contributed by atoms with E-state index in [4.69, 9.17) is 9.84 Å². The number of hydrogen-bond donors (Lipinski definition) is 1. The quantitative estimate of drug-likeness (QED) is 0.360. The average Bonchev–Trinajstić information content (AvgIpc) is 3.18. The van der Waals surface area contributed by atoms with E-state index in [2.05, 4.69) is 36.2 Å². The van der Waals surface area contributed by atoms with Crippen molar-refractivity contribution in [1.82, 2.24) is 4.90 Å². The lowest BCUT2D eigenvalue weighted by atomic mass is 10.1. The van der Waals surface area contributed by atoms with Crippen molar-refractivity contribution < 1.29 is 19.4 Å². The Morgan fingerprint density at radius 1 is 0.944 bits per heavy atom. The minimum absolute atomic E-state index is 0.0338. The lowest BCUT2D eigenvalue weighted by Gasteiger charge is -2.12. The summed E-state index contributed by atoms with van der Waals surface area (Å²) in [5.41, 5.74) is 4.70. The van der Waals surface area contributed by atoms with Crippen LogP contribution in [0.4, 0.5) is 5.69 Å². The number of nitrogens with zero attached hydrogens (tertiary/aromatic N) is 2. The van der Waals surface area contributed by atoms with Crippen molar-refractivity contribution >= 4 is 40.6 Å². The van der Waals surface area contributed by atoms with E-state index in [0.717, 1.165) is 23.3 Å². The highest BCUT2D eigenvalue weighted by atomic mass is 32.2. The second kappa shape index (κ2) is 11.7. The van der Waals surface area contributed by atoms with Crippen LogP contribution in [0.5, 0.6) is 5.75 Å². The van der Waals surface area contributed by atoms with Crippen molar-refractivity contribution in [3.8, 4) is 5.75 Å². The number of likely N-dealkylation sites (N-methyl/N-ethyl adjacent to an activating group) is 1. The third-order valence-electron chi connectivity index (χ3n) is 5.74. The zero-order valence-electron chi connectivity index (χ0n) is 20.3. The molecular weight excluding hydrogens is 472 g/mol. The molecule has 0 aliphatic carbocycles. The maximum absolute atomic E-state index is 13.0. The van der Waals surface area contributed by atoms with E-state index >= 15 is 0 Å². The number of rotatable bonds is 9. The summed E-state index contributed by atoms with van der Waals surface area (Å²) in [6.07, 6.45) is 2.85. The molecule has 1 amide bonds. The summed E-state index contributed by atoms with van der Waals surface area (Å²) in [6.45, 7) is 5.05. The number of amides is 1. The largest absolute Gasteiger partial charge is 0.489 e. The number of aliphatic carboxylic acids is 1. The smallest absolute Gasteiger partial charge is 0.307 e. The molecule has 1 fully saturated rings. The molecule has 0 spiro atoms. The molecule has 1 heterocycles. The Balaban J connectivity index is 1.43. The number of thioether (sulfide) groups is 1. The third kappa shape index (κ3) is 6.43. The Hall–Kier alpha value is -3.84. The first kappa shape index (κ1) is 25.3. The molecule has 3 aromatic rings. The summed E-state index contributed by atoms with van der Waals surface area (Å²) in [5.74, 6) is -0.190. The highest BCUT2D eigenvalue weighted by Gasteiger charge is 2.32.